The molecule has 0 spiro atoms. The van der Waals surface area contributed by atoms with E-state index in [9.17, 15) is 0 Å². The third-order valence-electron chi connectivity index (χ3n) is 13.8. The van der Waals surface area contributed by atoms with E-state index in [-0.39, 0.29) is 0 Å². The Morgan fingerprint density at radius 1 is 0.250 bits per heavy atom. The number of aromatic nitrogens is 1. The Balaban J connectivity index is 0.814. The summed E-state index contributed by atoms with van der Waals surface area (Å²) in [5.41, 5.74) is 25.1. The van der Waals surface area contributed by atoms with Crippen LogP contribution in [0.3, 0.4) is 0 Å². The molecule has 318 valence electrons. The molecule has 0 saturated heterocycles. The molecule has 12 aromatic rings. The standard InChI is InChI=1S/C66H44N2/c1-3-14-44(15-4-1)46-26-28-47(29-27-46)48-34-37-55(38-35-48)67-63-24-11-9-20-56(63)53-19-13-18-51(40-53)49-30-32-50(33-31-49)54-42-61-58-22-8-7-21-57(58)60-41-52(45-16-5-2-6-17-45)36-39-65(60)68-64-25-12-10-23-59(64)62(43-54)66(61)68/h1-43,67H. The van der Waals surface area contributed by atoms with Crippen molar-refractivity contribution < 1.29 is 0 Å². The lowest BCUT2D eigenvalue weighted by atomic mass is 9.90. The monoisotopic (exact) mass is 864 g/mol. The van der Waals surface area contributed by atoms with Crippen LogP contribution in [0, 0.1) is 0 Å². The lowest BCUT2D eigenvalue weighted by molar-refractivity contribution is 1.19. The van der Waals surface area contributed by atoms with E-state index >= 15 is 0 Å². The van der Waals surface area contributed by atoms with Crippen molar-refractivity contribution in [2.24, 2.45) is 0 Å². The number of fused-ring (bicyclic) bond motifs is 8. The minimum atomic E-state index is 1.05. The van der Waals surface area contributed by atoms with Gasteiger partial charge in [-0.15, -0.1) is 0 Å². The third-order valence-corrected chi connectivity index (χ3v) is 13.8. The summed E-state index contributed by atoms with van der Waals surface area (Å²) in [5.74, 6) is 0. The smallest absolute Gasteiger partial charge is 0.0620 e. The average molecular weight is 865 g/mol. The van der Waals surface area contributed by atoms with Gasteiger partial charge < -0.3 is 9.88 Å². The normalized spacial score (nSPS) is 11.5. The summed E-state index contributed by atoms with van der Waals surface area (Å²) in [5, 5.41) is 6.25. The Hall–Kier alpha value is -8.98. The molecule has 0 bridgehead atoms. The predicted molar refractivity (Wildman–Crippen MR) is 288 cm³/mol. The van der Waals surface area contributed by atoms with E-state index in [1.54, 1.807) is 0 Å². The Bertz CT molecular complexity index is 3830. The zero-order chi connectivity index (χ0) is 45.0. The Kier molecular flexibility index (Phi) is 9.54. The molecule has 13 rings (SSSR count). The molecule has 1 aliphatic rings. The van der Waals surface area contributed by atoms with Gasteiger partial charge in [-0.05, 0) is 127 Å². The fourth-order valence-electron chi connectivity index (χ4n) is 10.4. The number of hydrogen-bond donors (Lipinski definition) is 1. The maximum atomic E-state index is 3.73. The van der Waals surface area contributed by atoms with Crippen LogP contribution < -0.4 is 5.32 Å². The molecule has 11 aromatic carbocycles. The van der Waals surface area contributed by atoms with Gasteiger partial charge in [0.05, 0.1) is 16.7 Å². The fourth-order valence-corrected chi connectivity index (χ4v) is 10.4. The Morgan fingerprint density at radius 2 is 0.706 bits per heavy atom. The van der Waals surface area contributed by atoms with Gasteiger partial charge in [-0.3, -0.25) is 0 Å². The highest BCUT2D eigenvalue weighted by Gasteiger charge is 2.26. The van der Waals surface area contributed by atoms with Crippen LogP contribution in [-0.2, 0) is 0 Å². The molecule has 2 heteroatoms. The summed E-state index contributed by atoms with van der Waals surface area (Å²) in [6.45, 7) is 0. The summed E-state index contributed by atoms with van der Waals surface area (Å²) in [7, 11) is 0. The molecule has 0 unspecified atom stereocenters. The first-order chi connectivity index (χ1) is 33.7. The highest BCUT2D eigenvalue weighted by Crippen LogP contribution is 2.49. The Morgan fingerprint density at radius 3 is 1.40 bits per heavy atom. The van der Waals surface area contributed by atoms with Crippen LogP contribution in [0.2, 0.25) is 0 Å². The van der Waals surface area contributed by atoms with Crippen molar-refractivity contribution in [3.63, 3.8) is 0 Å². The minimum absolute atomic E-state index is 1.05. The van der Waals surface area contributed by atoms with Crippen LogP contribution in [0.25, 0.3) is 117 Å². The summed E-state index contributed by atoms with van der Waals surface area (Å²) < 4.78 is 2.50. The van der Waals surface area contributed by atoms with E-state index in [1.165, 1.54) is 105 Å². The molecule has 0 atom stereocenters. The second-order valence-electron chi connectivity index (χ2n) is 17.8. The number of nitrogens with zero attached hydrogens (tertiary/aromatic N) is 1. The van der Waals surface area contributed by atoms with Gasteiger partial charge in [0.15, 0.2) is 0 Å². The number of benzene rings is 11. The van der Waals surface area contributed by atoms with Crippen molar-refractivity contribution in [3.8, 4) is 94.7 Å². The van der Waals surface area contributed by atoms with Gasteiger partial charge in [0.2, 0.25) is 0 Å². The molecular weight excluding hydrogens is 821 g/mol. The van der Waals surface area contributed by atoms with Crippen molar-refractivity contribution in [1.29, 1.82) is 0 Å². The maximum absolute atomic E-state index is 3.73. The molecule has 0 amide bonds. The number of rotatable bonds is 8. The van der Waals surface area contributed by atoms with Crippen molar-refractivity contribution >= 4 is 33.2 Å². The van der Waals surface area contributed by atoms with Crippen LogP contribution in [0.4, 0.5) is 11.4 Å². The molecule has 0 saturated carbocycles. The van der Waals surface area contributed by atoms with E-state index in [4.69, 9.17) is 0 Å². The van der Waals surface area contributed by atoms with E-state index in [0.717, 1.165) is 22.5 Å². The molecule has 1 aromatic heterocycles. The van der Waals surface area contributed by atoms with Gasteiger partial charge in [0, 0.05) is 38.8 Å². The molecule has 1 aliphatic heterocycles. The summed E-state index contributed by atoms with van der Waals surface area (Å²) in [6.07, 6.45) is 0. The van der Waals surface area contributed by atoms with Crippen LogP contribution in [0.5, 0.6) is 0 Å². The largest absolute Gasteiger partial charge is 0.355 e. The van der Waals surface area contributed by atoms with E-state index in [1.807, 2.05) is 0 Å². The molecule has 1 N–H and O–H groups in total. The van der Waals surface area contributed by atoms with Gasteiger partial charge >= 0.3 is 0 Å². The van der Waals surface area contributed by atoms with Gasteiger partial charge in [-0.2, -0.15) is 0 Å². The summed E-state index contributed by atoms with van der Waals surface area (Å²) in [4.78, 5) is 0. The Labute approximate surface area is 396 Å². The van der Waals surface area contributed by atoms with E-state index < -0.39 is 0 Å². The highest BCUT2D eigenvalue weighted by molar-refractivity contribution is 6.18. The second kappa shape index (κ2) is 16.5. The summed E-state index contributed by atoms with van der Waals surface area (Å²) >= 11 is 0. The maximum Gasteiger partial charge on any atom is 0.0620 e. The van der Waals surface area contributed by atoms with Crippen LogP contribution in [0.15, 0.2) is 261 Å². The first-order valence-electron chi connectivity index (χ1n) is 23.4. The van der Waals surface area contributed by atoms with Gasteiger partial charge in [0.25, 0.3) is 0 Å². The molecule has 0 radical (unpaired) electrons. The molecule has 68 heavy (non-hydrogen) atoms. The number of hydrogen-bond acceptors (Lipinski definition) is 1. The van der Waals surface area contributed by atoms with Crippen molar-refractivity contribution in [3.05, 3.63) is 261 Å². The van der Waals surface area contributed by atoms with E-state index in [0.29, 0.717) is 0 Å². The predicted octanol–water partition coefficient (Wildman–Crippen LogP) is 18.2. The van der Waals surface area contributed by atoms with Crippen molar-refractivity contribution in [2.45, 2.75) is 0 Å². The minimum Gasteiger partial charge on any atom is -0.355 e. The zero-order valence-corrected chi connectivity index (χ0v) is 37.3. The molecule has 2 heterocycles. The summed E-state index contributed by atoms with van der Waals surface area (Å²) in [6, 6.07) is 95.0. The third kappa shape index (κ3) is 6.90. The number of nitrogens with one attached hydrogen (secondary N) is 1. The zero-order valence-electron chi connectivity index (χ0n) is 37.3. The molecule has 0 aliphatic carbocycles. The highest BCUT2D eigenvalue weighted by atomic mass is 15.0. The van der Waals surface area contributed by atoms with E-state index in [2.05, 4.69) is 271 Å². The topological polar surface area (TPSA) is 17.0 Å². The number of anilines is 2. The van der Waals surface area contributed by atoms with Crippen LogP contribution in [-0.4, -0.2) is 4.57 Å². The molecule has 2 nitrogen and oxygen atoms in total. The molecule has 0 fully saturated rings. The van der Waals surface area contributed by atoms with Crippen LogP contribution >= 0.6 is 0 Å². The first kappa shape index (κ1) is 39.4. The lowest BCUT2D eigenvalue weighted by Gasteiger charge is -2.14. The lowest BCUT2D eigenvalue weighted by Crippen LogP contribution is -1.96. The second-order valence-corrected chi connectivity index (χ2v) is 17.8. The first-order valence-corrected chi connectivity index (χ1v) is 23.4. The molecular formula is C66H44N2. The quantitative estimate of drug-likeness (QED) is 0.161. The van der Waals surface area contributed by atoms with Crippen LogP contribution in [0.1, 0.15) is 0 Å². The van der Waals surface area contributed by atoms with Gasteiger partial charge in [0.1, 0.15) is 0 Å². The number of para-hydroxylation sites is 2. The van der Waals surface area contributed by atoms with Crippen molar-refractivity contribution in [1.82, 2.24) is 4.57 Å². The van der Waals surface area contributed by atoms with Gasteiger partial charge in [-0.1, -0.05) is 206 Å². The van der Waals surface area contributed by atoms with Crippen molar-refractivity contribution in [2.75, 3.05) is 5.32 Å². The average Bonchev–Trinajstić information content (AvgIpc) is 3.69. The SMILES string of the molecule is c1ccc(-c2ccc(-c3ccc(Nc4ccccc4-c4cccc(-c5ccc(-c6cc7c8c(c6)c6ccccc6n8-c6ccc(-c8ccccc8)cc6-c6ccccc6-7)cc5)c4)cc3)cc2)cc1. The van der Waals surface area contributed by atoms with Gasteiger partial charge in [-0.25, -0.2) is 0 Å². The fraction of sp³-hybridized carbons (Fsp3) is 0.